The first-order valence-corrected chi connectivity index (χ1v) is 2.87. The van der Waals surface area contributed by atoms with E-state index in [1.165, 1.54) is 19.4 Å². The van der Waals surface area contributed by atoms with Crippen LogP contribution < -0.4 is 5.73 Å². The number of carbonyl (C=O) groups excluding carboxylic acids is 1. The highest BCUT2D eigenvalue weighted by molar-refractivity contribution is 5.81. The van der Waals surface area contributed by atoms with Gasteiger partial charge in [0.05, 0.1) is 26.1 Å². The fourth-order valence-electron chi connectivity index (χ4n) is 0.308. The van der Waals surface area contributed by atoms with Gasteiger partial charge < -0.3 is 15.2 Å². The monoisotopic (exact) mass is 145 g/mol. The van der Waals surface area contributed by atoms with Crippen molar-refractivity contribution in [3.8, 4) is 0 Å². The summed E-state index contributed by atoms with van der Waals surface area (Å²) in [6.45, 7) is 0.846. The van der Waals surface area contributed by atoms with E-state index in [-0.39, 0.29) is 0 Å². The third kappa shape index (κ3) is 5.11. The molecule has 0 aliphatic rings. The third-order valence-corrected chi connectivity index (χ3v) is 0.737. The number of carbonyl (C=O) groups is 1. The zero-order valence-corrected chi connectivity index (χ0v) is 5.87. The molecule has 4 heteroatoms. The standard InChI is InChI=1S/C6H11NO3/c1-9-6(8)2-4-10-5-3-7/h2,4H,3,5,7H2,1H3. The van der Waals surface area contributed by atoms with Crippen LogP contribution >= 0.6 is 0 Å². The summed E-state index contributed by atoms with van der Waals surface area (Å²) in [6.07, 6.45) is 2.45. The van der Waals surface area contributed by atoms with E-state index in [1.54, 1.807) is 0 Å². The normalized spacial score (nSPS) is 9.80. The maximum atomic E-state index is 10.4. The van der Waals surface area contributed by atoms with Crippen molar-refractivity contribution in [2.45, 2.75) is 0 Å². The van der Waals surface area contributed by atoms with Crippen LogP contribution in [0.4, 0.5) is 0 Å². The van der Waals surface area contributed by atoms with Gasteiger partial charge in [-0.25, -0.2) is 4.79 Å². The molecule has 0 amide bonds. The Hall–Kier alpha value is -1.03. The molecule has 0 aliphatic heterocycles. The molecule has 0 bridgehead atoms. The van der Waals surface area contributed by atoms with Crippen molar-refractivity contribution in [1.29, 1.82) is 0 Å². The first-order valence-electron chi connectivity index (χ1n) is 2.87. The molecule has 0 rings (SSSR count). The fourth-order valence-corrected chi connectivity index (χ4v) is 0.308. The molecule has 0 aromatic carbocycles. The highest BCUT2D eigenvalue weighted by Gasteiger charge is 1.88. The van der Waals surface area contributed by atoms with Crippen LogP contribution in [-0.4, -0.2) is 26.2 Å². The lowest BCUT2D eigenvalue weighted by Gasteiger charge is -1.94. The predicted molar refractivity (Wildman–Crippen MR) is 36.2 cm³/mol. The van der Waals surface area contributed by atoms with Crippen LogP contribution in [0, 0.1) is 0 Å². The summed E-state index contributed by atoms with van der Waals surface area (Å²) < 4.78 is 9.04. The highest BCUT2D eigenvalue weighted by Crippen LogP contribution is 1.79. The summed E-state index contributed by atoms with van der Waals surface area (Å²) in [7, 11) is 1.30. The van der Waals surface area contributed by atoms with E-state index in [1.807, 2.05) is 0 Å². The van der Waals surface area contributed by atoms with E-state index >= 15 is 0 Å². The molecule has 0 radical (unpaired) electrons. The molecular formula is C6H11NO3. The minimum atomic E-state index is -0.433. The maximum absolute atomic E-state index is 10.4. The summed E-state index contributed by atoms with van der Waals surface area (Å²) in [5.74, 6) is -0.433. The Bertz CT molecular complexity index is 122. The average Bonchev–Trinajstić information content (AvgIpc) is 1.98. The summed E-state index contributed by atoms with van der Waals surface area (Å²) in [5, 5.41) is 0. The summed E-state index contributed by atoms with van der Waals surface area (Å²) in [5.41, 5.74) is 5.10. The SMILES string of the molecule is COC(=O)C=COCCN. The Balaban J connectivity index is 3.27. The second kappa shape index (κ2) is 6.10. The van der Waals surface area contributed by atoms with E-state index in [0.29, 0.717) is 13.2 Å². The van der Waals surface area contributed by atoms with Gasteiger partial charge in [0.25, 0.3) is 0 Å². The molecule has 0 spiro atoms. The number of methoxy groups -OCH3 is 1. The molecule has 0 heterocycles. The zero-order chi connectivity index (χ0) is 7.82. The lowest BCUT2D eigenvalue weighted by Crippen LogP contribution is -2.05. The molecule has 58 valence electrons. The van der Waals surface area contributed by atoms with E-state index < -0.39 is 5.97 Å². The Morgan fingerprint density at radius 3 is 2.90 bits per heavy atom. The van der Waals surface area contributed by atoms with Crippen molar-refractivity contribution in [1.82, 2.24) is 0 Å². The molecule has 0 unspecified atom stereocenters. The van der Waals surface area contributed by atoms with Crippen LogP contribution in [0.2, 0.25) is 0 Å². The second-order valence-corrected chi connectivity index (χ2v) is 1.49. The first-order chi connectivity index (χ1) is 4.81. The van der Waals surface area contributed by atoms with Gasteiger partial charge in [-0.15, -0.1) is 0 Å². The van der Waals surface area contributed by atoms with Crippen LogP contribution in [-0.2, 0) is 14.3 Å². The Morgan fingerprint density at radius 2 is 2.40 bits per heavy atom. The van der Waals surface area contributed by atoms with Crippen molar-refractivity contribution in [3.63, 3.8) is 0 Å². The average molecular weight is 145 g/mol. The van der Waals surface area contributed by atoms with Crippen LogP contribution in [0.5, 0.6) is 0 Å². The van der Waals surface area contributed by atoms with Crippen LogP contribution in [0.1, 0.15) is 0 Å². The van der Waals surface area contributed by atoms with Crippen LogP contribution in [0.15, 0.2) is 12.3 Å². The lowest BCUT2D eigenvalue weighted by molar-refractivity contribution is -0.134. The molecule has 0 atom stereocenters. The van der Waals surface area contributed by atoms with Crippen molar-refractivity contribution >= 4 is 5.97 Å². The van der Waals surface area contributed by atoms with Crippen molar-refractivity contribution in [2.24, 2.45) is 5.73 Å². The second-order valence-electron chi connectivity index (χ2n) is 1.49. The summed E-state index contributed by atoms with van der Waals surface area (Å²) in [4.78, 5) is 10.4. The molecule has 0 saturated carbocycles. The number of rotatable bonds is 4. The Labute approximate surface area is 59.6 Å². The van der Waals surface area contributed by atoms with Crippen LogP contribution in [0.25, 0.3) is 0 Å². The Morgan fingerprint density at radius 1 is 1.70 bits per heavy atom. The number of hydrogen-bond acceptors (Lipinski definition) is 4. The molecule has 10 heavy (non-hydrogen) atoms. The van der Waals surface area contributed by atoms with Gasteiger partial charge in [-0.1, -0.05) is 0 Å². The fraction of sp³-hybridized carbons (Fsp3) is 0.500. The number of ether oxygens (including phenoxy) is 2. The van der Waals surface area contributed by atoms with Crippen molar-refractivity contribution in [3.05, 3.63) is 12.3 Å². The molecule has 0 saturated heterocycles. The molecule has 0 aromatic heterocycles. The van der Waals surface area contributed by atoms with E-state index in [0.717, 1.165) is 0 Å². The van der Waals surface area contributed by atoms with E-state index in [2.05, 4.69) is 4.74 Å². The smallest absolute Gasteiger partial charge is 0.333 e. The molecule has 0 aliphatic carbocycles. The number of esters is 1. The topological polar surface area (TPSA) is 61.5 Å². The maximum Gasteiger partial charge on any atom is 0.333 e. The van der Waals surface area contributed by atoms with Gasteiger partial charge in [0, 0.05) is 6.54 Å². The van der Waals surface area contributed by atoms with Gasteiger partial charge in [-0.2, -0.15) is 0 Å². The predicted octanol–water partition coefficient (Wildman–Crippen LogP) is -0.352. The third-order valence-electron chi connectivity index (χ3n) is 0.737. The van der Waals surface area contributed by atoms with Gasteiger partial charge in [0.15, 0.2) is 0 Å². The van der Waals surface area contributed by atoms with E-state index in [9.17, 15) is 4.79 Å². The first kappa shape index (κ1) is 8.97. The van der Waals surface area contributed by atoms with Crippen molar-refractivity contribution < 1.29 is 14.3 Å². The molecule has 0 aromatic rings. The Kier molecular flexibility index (Phi) is 5.47. The molecule has 0 fully saturated rings. The summed E-state index contributed by atoms with van der Waals surface area (Å²) >= 11 is 0. The van der Waals surface area contributed by atoms with Crippen LogP contribution in [0.3, 0.4) is 0 Å². The van der Waals surface area contributed by atoms with Gasteiger partial charge in [-0.05, 0) is 0 Å². The molecule has 4 nitrogen and oxygen atoms in total. The van der Waals surface area contributed by atoms with Gasteiger partial charge >= 0.3 is 5.97 Å². The van der Waals surface area contributed by atoms with Gasteiger partial charge in [0.2, 0.25) is 0 Å². The van der Waals surface area contributed by atoms with Gasteiger partial charge in [-0.3, -0.25) is 0 Å². The quantitative estimate of drug-likeness (QED) is 0.254. The number of hydrogen-bond donors (Lipinski definition) is 1. The highest BCUT2D eigenvalue weighted by atomic mass is 16.5. The summed E-state index contributed by atoms with van der Waals surface area (Å²) in [6, 6.07) is 0. The molecule has 2 N–H and O–H groups in total. The van der Waals surface area contributed by atoms with Crippen molar-refractivity contribution in [2.75, 3.05) is 20.3 Å². The van der Waals surface area contributed by atoms with E-state index in [4.69, 9.17) is 10.5 Å². The molecular weight excluding hydrogens is 134 g/mol. The number of nitrogens with two attached hydrogens (primary N) is 1. The largest absolute Gasteiger partial charge is 0.500 e. The zero-order valence-electron chi connectivity index (χ0n) is 5.87. The van der Waals surface area contributed by atoms with Gasteiger partial charge in [0.1, 0.15) is 0 Å². The minimum absolute atomic E-state index is 0.410. The lowest BCUT2D eigenvalue weighted by atomic mass is 10.6. The minimum Gasteiger partial charge on any atom is -0.500 e.